The highest BCUT2D eigenvalue weighted by molar-refractivity contribution is 5.91. The van der Waals surface area contributed by atoms with Crippen molar-refractivity contribution in [1.82, 2.24) is 9.55 Å². The Labute approximate surface area is 334 Å². The molecule has 1 unspecified atom stereocenters. The van der Waals surface area contributed by atoms with Gasteiger partial charge in [0, 0.05) is 31.0 Å². The first-order valence-electron chi connectivity index (χ1n) is 23.1. The van der Waals surface area contributed by atoms with Crippen molar-refractivity contribution >= 4 is 11.6 Å². The first-order chi connectivity index (χ1) is 26.7. The highest BCUT2D eigenvalue weighted by Gasteiger charge is 2.56. The molecular weight excluding hydrogens is 693 g/mol. The Morgan fingerprint density at radius 1 is 0.673 bits per heavy atom. The number of aromatic amines is 1. The number of ether oxygens (including phenoxy) is 1. The van der Waals surface area contributed by atoms with Crippen molar-refractivity contribution in [3.63, 3.8) is 0 Å². The van der Waals surface area contributed by atoms with E-state index < -0.39 is 46.9 Å². The van der Waals surface area contributed by atoms with Gasteiger partial charge >= 0.3 is 5.69 Å². The minimum Gasteiger partial charge on any atom is -0.382 e. The highest BCUT2D eigenvalue weighted by atomic mass is 16.6. The molecule has 3 N–H and O–H groups in total. The molecule has 55 heavy (non-hydrogen) atoms. The van der Waals surface area contributed by atoms with Crippen molar-refractivity contribution in [2.24, 2.45) is 0 Å². The first-order valence-corrected chi connectivity index (χ1v) is 23.1. The Morgan fingerprint density at radius 2 is 1.04 bits per heavy atom. The van der Waals surface area contributed by atoms with Crippen LogP contribution in [0.15, 0.2) is 15.8 Å². The minimum atomic E-state index is -2.13. The summed E-state index contributed by atoms with van der Waals surface area (Å²) in [5, 5.41) is 23.1. The van der Waals surface area contributed by atoms with Crippen molar-refractivity contribution in [3.05, 3.63) is 32.6 Å². The number of nitrogens with zero attached hydrogens (tertiary/aromatic N) is 1. The molecule has 1 aromatic heterocycles. The van der Waals surface area contributed by atoms with Gasteiger partial charge in [0.1, 0.15) is 18.4 Å². The number of aryl methyl sites for hydroxylation is 1. The third-order valence-electron chi connectivity index (χ3n) is 11.8. The predicted octanol–water partition coefficient (Wildman–Crippen LogP) is 10.9. The number of rotatable bonds is 36. The normalized spacial score (nSPS) is 18.9. The van der Waals surface area contributed by atoms with Crippen LogP contribution in [-0.4, -0.2) is 49.1 Å². The Morgan fingerprint density at radius 3 is 1.44 bits per heavy atom. The van der Waals surface area contributed by atoms with Crippen LogP contribution in [0, 0.1) is 6.92 Å². The van der Waals surface area contributed by atoms with E-state index in [0.29, 0.717) is 12.8 Å². The fourth-order valence-electron chi connectivity index (χ4n) is 8.14. The fourth-order valence-corrected chi connectivity index (χ4v) is 8.14. The zero-order valence-corrected chi connectivity index (χ0v) is 35.5. The van der Waals surface area contributed by atoms with Gasteiger partial charge in [-0.3, -0.25) is 23.9 Å². The highest BCUT2D eigenvalue weighted by Crippen LogP contribution is 2.40. The lowest BCUT2D eigenvalue weighted by Gasteiger charge is -2.29. The second-order valence-electron chi connectivity index (χ2n) is 16.9. The average Bonchev–Trinajstić information content (AvgIpc) is 3.53. The molecule has 0 aromatic carbocycles. The maximum Gasteiger partial charge on any atom is 0.330 e. The number of nitrogens with one attached hydrogen (secondary N) is 1. The smallest absolute Gasteiger partial charge is 0.330 e. The van der Waals surface area contributed by atoms with E-state index in [1.807, 2.05) is 0 Å². The fraction of sp³-hybridized carbons (Fsp3) is 0.870. The summed E-state index contributed by atoms with van der Waals surface area (Å²) in [6, 6.07) is 0. The van der Waals surface area contributed by atoms with Crippen molar-refractivity contribution in [2.75, 3.05) is 0 Å². The lowest BCUT2D eigenvalue weighted by Crippen LogP contribution is -2.53. The van der Waals surface area contributed by atoms with Crippen molar-refractivity contribution in [1.29, 1.82) is 0 Å². The molecule has 1 aliphatic rings. The van der Waals surface area contributed by atoms with Crippen molar-refractivity contribution in [2.45, 2.75) is 257 Å². The van der Waals surface area contributed by atoms with Crippen LogP contribution < -0.4 is 11.2 Å². The monoisotopic (exact) mass is 775 g/mol. The number of carbonyl (C=O) groups is 2. The molecule has 2 rings (SSSR count). The molecule has 318 valence electrons. The number of hydrogen-bond donors (Lipinski definition) is 3. The summed E-state index contributed by atoms with van der Waals surface area (Å²) in [4.78, 5) is 53.8. The third kappa shape index (κ3) is 19.7. The van der Waals surface area contributed by atoms with Gasteiger partial charge in [0.25, 0.3) is 5.56 Å². The zero-order valence-electron chi connectivity index (χ0n) is 35.5. The molecular formula is C46H82N2O7. The standard InChI is InChI=1S/C46H82N2O7/c1-4-6-8-10-12-14-16-18-20-22-24-26-28-30-32-34-39(49)42(51)43-46(54,36-41(55-43)48-37-38(3)44(52)47-45(48)53)40(50)35-33-31-29-27-25-23-21-19-17-15-13-11-9-7-5-2/h37,41-43,51,54H,4-36H2,1-3H3,(H,47,52,53)/t41-,42?,43-,46-/m1/s1. The van der Waals surface area contributed by atoms with Gasteiger partial charge in [-0.2, -0.15) is 0 Å². The molecule has 1 saturated heterocycles. The summed E-state index contributed by atoms with van der Waals surface area (Å²) >= 11 is 0. The Bertz CT molecular complexity index is 1280. The largest absolute Gasteiger partial charge is 0.382 e. The molecule has 1 aliphatic heterocycles. The van der Waals surface area contributed by atoms with E-state index in [1.54, 1.807) is 6.92 Å². The quantitative estimate of drug-likeness (QED) is 0.0577. The van der Waals surface area contributed by atoms with E-state index >= 15 is 0 Å². The molecule has 0 bridgehead atoms. The molecule has 0 radical (unpaired) electrons. The van der Waals surface area contributed by atoms with Gasteiger partial charge in [-0.15, -0.1) is 0 Å². The number of hydrogen-bond acceptors (Lipinski definition) is 7. The molecule has 9 nitrogen and oxygen atoms in total. The average molecular weight is 775 g/mol. The molecule has 2 heterocycles. The molecule has 0 saturated carbocycles. The molecule has 1 aromatic rings. The lowest BCUT2D eigenvalue weighted by atomic mass is 9.83. The van der Waals surface area contributed by atoms with Crippen LogP contribution in [0.3, 0.4) is 0 Å². The summed E-state index contributed by atoms with van der Waals surface area (Å²) in [7, 11) is 0. The summed E-state index contributed by atoms with van der Waals surface area (Å²) in [5.41, 5.74) is -3.14. The topological polar surface area (TPSA) is 139 Å². The van der Waals surface area contributed by atoms with E-state index in [1.165, 1.54) is 147 Å². The summed E-state index contributed by atoms with van der Waals surface area (Å²) in [6.45, 7) is 6.05. The molecule has 9 heteroatoms. The van der Waals surface area contributed by atoms with Crippen LogP contribution in [0.2, 0.25) is 0 Å². The summed E-state index contributed by atoms with van der Waals surface area (Å²) < 4.78 is 7.13. The third-order valence-corrected chi connectivity index (χ3v) is 11.8. The van der Waals surface area contributed by atoms with Crippen molar-refractivity contribution < 1.29 is 24.5 Å². The van der Waals surface area contributed by atoms with E-state index in [-0.39, 0.29) is 24.8 Å². The number of H-pyrrole nitrogens is 1. The van der Waals surface area contributed by atoms with E-state index in [9.17, 15) is 29.4 Å². The van der Waals surface area contributed by atoms with Crippen LogP contribution in [-0.2, 0) is 14.3 Å². The second-order valence-corrected chi connectivity index (χ2v) is 16.9. The van der Waals surface area contributed by atoms with Crippen LogP contribution in [0.25, 0.3) is 0 Å². The van der Waals surface area contributed by atoms with Crippen LogP contribution in [0.5, 0.6) is 0 Å². The lowest BCUT2D eigenvalue weighted by molar-refractivity contribution is -0.160. The van der Waals surface area contributed by atoms with E-state index in [2.05, 4.69) is 18.8 Å². The molecule has 0 aliphatic carbocycles. The van der Waals surface area contributed by atoms with Gasteiger partial charge in [-0.25, -0.2) is 4.79 Å². The van der Waals surface area contributed by atoms with Gasteiger partial charge in [-0.1, -0.05) is 194 Å². The number of carbonyl (C=O) groups excluding carboxylic acids is 2. The van der Waals surface area contributed by atoms with Crippen LogP contribution in [0.1, 0.15) is 238 Å². The summed E-state index contributed by atoms with van der Waals surface area (Å²) in [5.74, 6) is -0.953. The number of aromatic nitrogens is 2. The maximum atomic E-state index is 13.6. The Balaban J connectivity index is 1.76. The molecule has 1 fully saturated rings. The predicted molar refractivity (Wildman–Crippen MR) is 225 cm³/mol. The number of Topliss-reactive ketones (excluding diaryl/α,β-unsaturated/α-hetero) is 2. The van der Waals surface area contributed by atoms with Gasteiger partial charge in [0.15, 0.2) is 17.2 Å². The Kier molecular flexibility index (Phi) is 26.8. The zero-order chi connectivity index (χ0) is 40.2. The summed E-state index contributed by atoms with van der Waals surface area (Å²) in [6.07, 6.45) is 33.1. The molecule has 0 amide bonds. The number of unbranched alkanes of at least 4 members (excludes halogenated alkanes) is 28. The first kappa shape index (κ1) is 49.0. The molecule has 4 atom stereocenters. The van der Waals surface area contributed by atoms with E-state index in [4.69, 9.17) is 4.74 Å². The molecule has 0 spiro atoms. The number of aliphatic hydroxyl groups is 2. The maximum absolute atomic E-state index is 13.6. The van der Waals surface area contributed by atoms with Crippen molar-refractivity contribution in [3.8, 4) is 0 Å². The van der Waals surface area contributed by atoms with Gasteiger partial charge < -0.3 is 14.9 Å². The minimum absolute atomic E-state index is 0.0981. The van der Waals surface area contributed by atoms with Gasteiger partial charge in [0.05, 0.1) is 0 Å². The van der Waals surface area contributed by atoms with Gasteiger partial charge in [-0.05, 0) is 19.8 Å². The second kappa shape index (κ2) is 30.0. The SMILES string of the molecule is CCCCCCCCCCCCCCCCCC(=O)C(O)[C@H]1O[C@@H](n2cc(C)c(=O)[nH]c2=O)C[C@@]1(O)C(=O)CCCCCCCCCCCCCCCCC. The Hall–Kier alpha value is -2.10. The van der Waals surface area contributed by atoms with Crippen LogP contribution in [0.4, 0.5) is 0 Å². The van der Waals surface area contributed by atoms with E-state index in [0.717, 1.165) is 43.1 Å². The number of ketones is 2. The number of aliphatic hydroxyl groups excluding tert-OH is 1. The van der Waals surface area contributed by atoms with Crippen LogP contribution >= 0.6 is 0 Å². The van der Waals surface area contributed by atoms with Gasteiger partial charge in [0.2, 0.25) is 0 Å².